The van der Waals surface area contributed by atoms with E-state index in [0.29, 0.717) is 29.5 Å². The van der Waals surface area contributed by atoms with Crippen molar-refractivity contribution in [1.82, 2.24) is 15.6 Å². The number of anilines is 1. The molecule has 0 aliphatic heterocycles. The number of aromatic nitrogens is 1. The van der Waals surface area contributed by atoms with Crippen molar-refractivity contribution in [2.75, 3.05) is 18.4 Å². The van der Waals surface area contributed by atoms with Gasteiger partial charge in [-0.25, -0.2) is 9.78 Å². The maximum Gasteiger partial charge on any atom is 0.405 e. The van der Waals surface area contributed by atoms with E-state index >= 15 is 0 Å². The molecule has 0 aromatic carbocycles. The van der Waals surface area contributed by atoms with Crippen molar-refractivity contribution in [2.24, 2.45) is 0 Å². The maximum atomic E-state index is 11.4. The van der Waals surface area contributed by atoms with Gasteiger partial charge in [0.2, 0.25) is 5.91 Å². The van der Waals surface area contributed by atoms with Gasteiger partial charge < -0.3 is 21.1 Å². The fraction of sp³-hybridized carbons (Fsp3) is 0.455. The molecule has 0 aliphatic rings. The molecule has 0 saturated heterocycles. The number of hydrogen-bond acceptors (Lipinski definition) is 6. The van der Waals surface area contributed by atoms with E-state index in [1.54, 1.807) is 0 Å². The predicted octanol–water partition coefficient (Wildman–Crippen LogP) is 0.530. The SMILES string of the molecule is CC(NC(=O)O)C(=O)NCCCNc1ncc(C=O)s1. The zero-order valence-electron chi connectivity index (χ0n) is 10.9. The summed E-state index contributed by atoms with van der Waals surface area (Å²) in [6, 6.07) is -0.783. The molecule has 0 radical (unpaired) electrons. The molecule has 4 N–H and O–H groups in total. The Balaban J connectivity index is 2.14. The van der Waals surface area contributed by atoms with E-state index in [0.717, 1.165) is 6.29 Å². The number of hydrogen-bond donors (Lipinski definition) is 4. The van der Waals surface area contributed by atoms with Crippen molar-refractivity contribution in [2.45, 2.75) is 19.4 Å². The fourth-order valence-electron chi connectivity index (χ4n) is 1.32. The van der Waals surface area contributed by atoms with Crippen molar-refractivity contribution in [3.8, 4) is 0 Å². The van der Waals surface area contributed by atoms with Crippen LogP contribution >= 0.6 is 11.3 Å². The van der Waals surface area contributed by atoms with Crippen molar-refractivity contribution in [3.63, 3.8) is 0 Å². The van der Waals surface area contributed by atoms with Crippen molar-refractivity contribution >= 4 is 34.8 Å². The third-order valence-electron chi connectivity index (χ3n) is 2.30. The predicted molar refractivity (Wildman–Crippen MR) is 74.2 cm³/mol. The van der Waals surface area contributed by atoms with E-state index in [4.69, 9.17) is 5.11 Å². The Morgan fingerprint density at radius 2 is 2.25 bits per heavy atom. The summed E-state index contributed by atoms with van der Waals surface area (Å²) in [5, 5.41) is 16.8. The molecule has 0 spiro atoms. The van der Waals surface area contributed by atoms with E-state index < -0.39 is 12.1 Å². The van der Waals surface area contributed by atoms with Crippen LogP contribution in [0, 0.1) is 0 Å². The van der Waals surface area contributed by atoms with Crippen molar-refractivity contribution < 1.29 is 19.5 Å². The molecular formula is C11H16N4O4S. The topological polar surface area (TPSA) is 120 Å². The van der Waals surface area contributed by atoms with E-state index in [9.17, 15) is 14.4 Å². The first-order chi connectivity index (χ1) is 9.52. The molecule has 0 aliphatic carbocycles. The van der Waals surface area contributed by atoms with Crippen molar-refractivity contribution in [3.05, 3.63) is 11.1 Å². The fourth-order valence-corrected chi connectivity index (χ4v) is 1.98. The highest BCUT2D eigenvalue weighted by Gasteiger charge is 2.13. The number of amides is 2. The second kappa shape index (κ2) is 8.10. The largest absolute Gasteiger partial charge is 0.465 e. The highest BCUT2D eigenvalue weighted by molar-refractivity contribution is 7.17. The minimum absolute atomic E-state index is 0.370. The first-order valence-electron chi connectivity index (χ1n) is 5.95. The van der Waals surface area contributed by atoms with E-state index in [-0.39, 0.29) is 5.91 Å². The minimum Gasteiger partial charge on any atom is -0.465 e. The Morgan fingerprint density at radius 3 is 2.85 bits per heavy atom. The first-order valence-corrected chi connectivity index (χ1v) is 6.76. The number of carboxylic acid groups (broad SMARTS) is 1. The number of carbonyl (C=O) groups excluding carboxylic acids is 2. The third kappa shape index (κ3) is 5.65. The van der Waals surface area contributed by atoms with Crippen LogP contribution < -0.4 is 16.0 Å². The van der Waals surface area contributed by atoms with E-state index in [2.05, 4.69) is 20.9 Å². The third-order valence-corrected chi connectivity index (χ3v) is 3.18. The second-order valence-electron chi connectivity index (χ2n) is 3.93. The molecule has 1 atom stereocenters. The average Bonchev–Trinajstić information content (AvgIpc) is 2.85. The summed E-state index contributed by atoms with van der Waals surface area (Å²) >= 11 is 1.26. The lowest BCUT2D eigenvalue weighted by Gasteiger charge is -2.11. The highest BCUT2D eigenvalue weighted by atomic mass is 32.1. The Hall–Kier alpha value is -2.16. The Labute approximate surface area is 119 Å². The summed E-state index contributed by atoms with van der Waals surface area (Å²) in [7, 11) is 0. The molecule has 8 nitrogen and oxygen atoms in total. The average molecular weight is 300 g/mol. The van der Waals surface area contributed by atoms with Gasteiger partial charge in [0.15, 0.2) is 11.4 Å². The number of aldehydes is 1. The Bertz CT molecular complexity index is 477. The summed E-state index contributed by atoms with van der Waals surface area (Å²) in [5.41, 5.74) is 0. The number of nitrogens with one attached hydrogen (secondary N) is 3. The molecule has 1 aromatic heterocycles. The number of rotatable bonds is 8. The van der Waals surface area contributed by atoms with E-state index in [1.807, 2.05) is 0 Å². The lowest BCUT2D eigenvalue weighted by Crippen LogP contribution is -2.44. The molecule has 110 valence electrons. The van der Waals surface area contributed by atoms with Crippen molar-refractivity contribution in [1.29, 1.82) is 0 Å². The molecule has 0 fully saturated rings. The van der Waals surface area contributed by atoms with Gasteiger partial charge >= 0.3 is 6.09 Å². The van der Waals surface area contributed by atoms with Crippen LogP contribution in [-0.2, 0) is 4.79 Å². The van der Waals surface area contributed by atoms with Crippen LogP contribution in [0.25, 0.3) is 0 Å². The summed E-state index contributed by atoms with van der Waals surface area (Å²) in [4.78, 5) is 36.8. The van der Waals surface area contributed by atoms with Crippen LogP contribution in [-0.4, -0.2) is 47.5 Å². The molecule has 20 heavy (non-hydrogen) atoms. The van der Waals surface area contributed by atoms with Crippen LogP contribution in [0.15, 0.2) is 6.20 Å². The van der Waals surface area contributed by atoms with E-state index in [1.165, 1.54) is 24.5 Å². The summed E-state index contributed by atoms with van der Waals surface area (Å²) in [5.74, 6) is -0.370. The zero-order valence-corrected chi connectivity index (χ0v) is 11.7. The highest BCUT2D eigenvalue weighted by Crippen LogP contribution is 2.15. The lowest BCUT2D eigenvalue weighted by atomic mass is 10.3. The smallest absolute Gasteiger partial charge is 0.405 e. The van der Waals surface area contributed by atoms with Gasteiger partial charge in [0.1, 0.15) is 6.04 Å². The number of thiazole rings is 1. The summed E-state index contributed by atoms with van der Waals surface area (Å²) in [6.45, 7) is 2.48. The van der Waals surface area contributed by atoms with Crippen LogP contribution in [0.4, 0.5) is 9.93 Å². The molecule has 0 bridgehead atoms. The summed E-state index contributed by atoms with van der Waals surface area (Å²) < 4.78 is 0. The maximum absolute atomic E-state index is 11.4. The second-order valence-corrected chi connectivity index (χ2v) is 4.99. The standard InChI is InChI=1S/C11H16N4O4S/c1-7(15-11(18)19)9(17)12-3-2-4-13-10-14-5-8(6-16)20-10/h5-7,15H,2-4H2,1H3,(H,12,17)(H,13,14)(H,18,19). The van der Waals surface area contributed by atoms with Gasteiger partial charge in [0, 0.05) is 13.1 Å². The summed E-state index contributed by atoms with van der Waals surface area (Å²) in [6.07, 6.45) is 1.65. The van der Waals surface area contributed by atoms with Gasteiger partial charge in [-0.05, 0) is 13.3 Å². The van der Waals surface area contributed by atoms with Crippen LogP contribution in [0.3, 0.4) is 0 Å². The minimum atomic E-state index is -1.23. The molecule has 2 amide bonds. The van der Waals surface area contributed by atoms with Gasteiger partial charge in [0.05, 0.1) is 11.1 Å². The molecule has 1 rings (SSSR count). The van der Waals surface area contributed by atoms with Gasteiger partial charge in [-0.1, -0.05) is 11.3 Å². The molecule has 1 heterocycles. The van der Waals surface area contributed by atoms with Gasteiger partial charge in [-0.15, -0.1) is 0 Å². The van der Waals surface area contributed by atoms with Gasteiger partial charge in [-0.2, -0.15) is 0 Å². The quantitative estimate of drug-likeness (QED) is 0.410. The van der Waals surface area contributed by atoms with Crippen LogP contribution in [0.1, 0.15) is 23.0 Å². The normalized spacial score (nSPS) is 11.4. The monoisotopic (exact) mass is 300 g/mol. The lowest BCUT2D eigenvalue weighted by molar-refractivity contribution is -0.122. The first kappa shape index (κ1) is 15.9. The molecule has 9 heteroatoms. The van der Waals surface area contributed by atoms with Gasteiger partial charge in [-0.3, -0.25) is 9.59 Å². The zero-order chi connectivity index (χ0) is 15.0. The Kier molecular flexibility index (Phi) is 6.44. The number of carbonyl (C=O) groups is 3. The molecule has 1 aromatic rings. The van der Waals surface area contributed by atoms with Crippen LogP contribution in [0.2, 0.25) is 0 Å². The molecule has 0 saturated carbocycles. The molecule has 1 unspecified atom stereocenters. The Morgan fingerprint density at radius 1 is 1.50 bits per heavy atom. The van der Waals surface area contributed by atoms with Crippen LogP contribution in [0.5, 0.6) is 0 Å². The van der Waals surface area contributed by atoms with Gasteiger partial charge in [0.25, 0.3) is 0 Å². The molecular weight excluding hydrogens is 284 g/mol. The number of nitrogens with zero attached hydrogens (tertiary/aromatic N) is 1.